The lowest BCUT2D eigenvalue weighted by atomic mass is 10.1. The fourth-order valence-electron chi connectivity index (χ4n) is 2.18. The fourth-order valence-corrected chi connectivity index (χ4v) is 2.18. The zero-order valence-electron chi connectivity index (χ0n) is 14.7. The smallest absolute Gasteiger partial charge is 0.339 e. The molecule has 4 N–H and O–H groups in total. The highest BCUT2D eigenvalue weighted by atomic mass is 16.5. The van der Waals surface area contributed by atoms with Crippen molar-refractivity contribution in [1.82, 2.24) is 0 Å². The van der Waals surface area contributed by atoms with Gasteiger partial charge < -0.3 is 25.1 Å². The van der Waals surface area contributed by atoms with Gasteiger partial charge in [-0.25, -0.2) is 4.79 Å². The number of hydrogen-bond donors (Lipinski definition) is 3. The molecule has 0 spiro atoms. The van der Waals surface area contributed by atoms with Crippen molar-refractivity contribution in [3.05, 3.63) is 53.1 Å². The predicted molar refractivity (Wildman–Crippen MR) is 98.0 cm³/mol. The fraction of sp³-hybridized carbons (Fsp3) is 0.158. The number of hydrogen-bond acceptors (Lipinski definition) is 6. The molecule has 0 atom stereocenters. The second-order valence-corrected chi connectivity index (χ2v) is 5.42. The van der Waals surface area contributed by atoms with Crippen molar-refractivity contribution in [3.63, 3.8) is 0 Å². The summed E-state index contributed by atoms with van der Waals surface area (Å²) < 4.78 is 15.6. The van der Waals surface area contributed by atoms with Crippen molar-refractivity contribution < 1.29 is 24.1 Å². The number of rotatable bonds is 6. The average molecular weight is 356 g/mol. The Labute approximate surface area is 151 Å². The van der Waals surface area contributed by atoms with Gasteiger partial charge in [-0.3, -0.25) is 5.41 Å². The first-order valence-electron chi connectivity index (χ1n) is 7.65. The number of carbonyl (C=O) groups excluding carboxylic acids is 1. The molecule has 7 heteroatoms. The Morgan fingerprint density at radius 3 is 2.31 bits per heavy atom. The maximum Gasteiger partial charge on any atom is 0.339 e. The summed E-state index contributed by atoms with van der Waals surface area (Å²) in [7, 11) is 2.93. The van der Waals surface area contributed by atoms with Crippen LogP contribution in [0.4, 0.5) is 0 Å². The van der Waals surface area contributed by atoms with E-state index >= 15 is 0 Å². The van der Waals surface area contributed by atoms with E-state index in [0.29, 0.717) is 28.4 Å². The van der Waals surface area contributed by atoms with E-state index in [1.165, 1.54) is 26.4 Å². The van der Waals surface area contributed by atoms with Gasteiger partial charge in [0.2, 0.25) is 0 Å². The number of nitrogens with two attached hydrogens (primary N) is 1. The minimum absolute atomic E-state index is 0.0685. The van der Waals surface area contributed by atoms with E-state index in [0.717, 1.165) is 0 Å². The molecule has 7 nitrogen and oxygen atoms in total. The lowest BCUT2D eigenvalue weighted by molar-refractivity contribution is -0.130. The van der Waals surface area contributed by atoms with Crippen LogP contribution in [0.1, 0.15) is 18.1 Å². The summed E-state index contributed by atoms with van der Waals surface area (Å²) in [6.45, 7) is 1.56. The molecular weight excluding hydrogens is 336 g/mol. The first kappa shape index (κ1) is 18.9. The highest BCUT2D eigenvalue weighted by molar-refractivity contribution is 5.96. The Balaban J connectivity index is 2.23. The van der Waals surface area contributed by atoms with Gasteiger partial charge in [0.1, 0.15) is 28.8 Å². The van der Waals surface area contributed by atoms with E-state index in [-0.39, 0.29) is 17.2 Å². The monoisotopic (exact) mass is 356 g/mol. The second-order valence-electron chi connectivity index (χ2n) is 5.42. The van der Waals surface area contributed by atoms with Crippen LogP contribution in [0, 0.1) is 5.41 Å². The number of carbonyl (C=O) groups is 1. The Bertz CT molecular complexity index is 857. The largest absolute Gasteiger partial charge is 0.507 e. The molecule has 0 aliphatic heterocycles. The molecular formula is C19H20N2O5. The Morgan fingerprint density at radius 1 is 1.12 bits per heavy atom. The van der Waals surface area contributed by atoms with Gasteiger partial charge in [-0.15, -0.1) is 0 Å². The highest BCUT2D eigenvalue weighted by Gasteiger charge is 2.14. The second kappa shape index (κ2) is 8.06. The summed E-state index contributed by atoms with van der Waals surface area (Å²) in [5, 5.41) is 17.5. The van der Waals surface area contributed by atoms with Crippen LogP contribution >= 0.6 is 0 Å². The minimum atomic E-state index is -0.585. The highest BCUT2D eigenvalue weighted by Crippen LogP contribution is 2.35. The molecule has 2 rings (SSSR count). The number of phenolic OH excluding ortho intramolecular Hbond substituents is 1. The van der Waals surface area contributed by atoms with Crippen LogP contribution in [0.25, 0.3) is 6.08 Å². The van der Waals surface area contributed by atoms with Crippen LogP contribution in [-0.4, -0.2) is 31.1 Å². The summed E-state index contributed by atoms with van der Waals surface area (Å²) in [5.41, 5.74) is 6.52. The Kier molecular flexibility index (Phi) is 5.85. The topological polar surface area (TPSA) is 115 Å². The molecule has 2 aromatic rings. The molecule has 0 fully saturated rings. The summed E-state index contributed by atoms with van der Waals surface area (Å²) in [5.74, 6) is 0.374. The number of benzene rings is 2. The summed E-state index contributed by atoms with van der Waals surface area (Å²) in [4.78, 5) is 12.3. The first-order valence-corrected chi connectivity index (χ1v) is 7.65. The van der Waals surface area contributed by atoms with Crippen LogP contribution in [0.15, 0.2) is 42.0 Å². The van der Waals surface area contributed by atoms with Gasteiger partial charge in [0.25, 0.3) is 0 Å². The molecule has 0 aliphatic carbocycles. The van der Waals surface area contributed by atoms with E-state index < -0.39 is 5.97 Å². The van der Waals surface area contributed by atoms with Gasteiger partial charge in [0, 0.05) is 23.3 Å². The molecule has 0 aliphatic rings. The van der Waals surface area contributed by atoms with Crippen LogP contribution < -0.4 is 19.9 Å². The van der Waals surface area contributed by atoms with Gasteiger partial charge >= 0.3 is 5.97 Å². The molecule has 0 heterocycles. The van der Waals surface area contributed by atoms with Crippen molar-refractivity contribution >= 4 is 17.9 Å². The Morgan fingerprint density at radius 2 is 1.77 bits per heavy atom. The van der Waals surface area contributed by atoms with Gasteiger partial charge in [0.05, 0.1) is 19.8 Å². The molecule has 2 aromatic carbocycles. The number of aromatic hydroxyl groups is 1. The molecule has 0 aromatic heterocycles. The summed E-state index contributed by atoms with van der Waals surface area (Å²) in [6, 6.07) is 9.30. The summed E-state index contributed by atoms with van der Waals surface area (Å²) in [6.07, 6.45) is 1.47. The molecule has 0 bridgehead atoms. The van der Waals surface area contributed by atoms with Crippen LogP contribution in [-0.2, 0) is 4.79 Å². The molecule has 0 amide bonds. The number of ether oxygens (including phenoxy) is 3. The van der Waals surface area contributed by atoms with Crippen LogP contribution in [0.3, 0.4) is 0 Å². The number of nitrogens with one attached hydrogen (secondary N) is 1. The summed E-state index contributed by atoms with van der Waals surface area (Å²) >= 11 is 0. The number of nitrogen functional groups attached to an aromatic ring is 1. The third-order valence-electron chi connectivity index (χ3n) is 3.61. The third kappa shape index (κ3) is 4.32. The van der Waals surface area contributed by atoms with Crippen LogP contribution in [0.5, 0.6) is 23.0 Å². The van der Waals surface area contributed by atoms with Gasteiger partial charge in [-0.1, -0.05) is 0 Å². The molecule has 136 valence electrons. The lowest BCUT2D eigenvalue weighted by Crippen LogP contribution is -2.12. The lowest BCUT2D eigenvalue weighted by Gasteiger charge is -2.11. The van der Waals surface area contributed by atoms with Crippen molar-refractivity contribution in [2.75, 3.05) is 14.2 Å². The number of esters is 1. The SMILES string of the molecule is COc1cc(O)c(C=C(C)C(=O)Oc2ccc(C(=N)N)cc2)c(OC)c1. The van der Waals surface area contributed by atoms with E-state index in [1.807, 2.05) is 0 Å². The minimum Gasteiger partial charge on any atom is -0.507 e. The quantitative estimate of drug-likeness (QED) is 0.241. The number of phenols is 1. The Hall–Kier alpha value is -3.48. The van der Waals surface area contributed by atoms with Gasteiger partial charge in [-0.2, -0.15) is 0 Å². The van der Waals surface area contributed by atoms with E-state index in [1.54, 1.807) is 37.3 Å². The standard InChI is InChI=1S/C19H20N2O5/c1-11(8-15-16(22)9-14(24-2)10-17(15)25-3)19(23)26-13-6-4-12(5-7-13)18(20)21/h4-10,22H,1-3H3,(H3,20,21). The zero-order chi connectivity index (χ0) is 19.3. The van der Waals surface area contributed by atoms with Crippen molar-refractivity contribution in [2.45, 2.75) is 6.92 Å². The third-order valence-corrected chi connectivity index (χ3v) is 3.61. The van der Waals surface area contributed by atoms with Crippen molar-refractivity contribution in [2.24, 2.45) is 5.73 Å². The van der Waals surface area contributed by atoms with E-state index in [4.69, 9.17) is 25.4 Å². The van der Waals surface area contributed by atoms with Gasteiger partial charge in [0.15, 0.2) is 0 Å². The molecule has 0 saturated carbocycles. The molecule has 0 unspecified atom stereocenters. The number of amidine groups is 1. The van der Waals surface area contributed by atoms with Gasteiger partial charge in [-0.05, 0) is 37.3 Å². The molecule has 0 radical (unpaired) electrons. The van der Waals surface area contributed by atoms with Crippen molar-refractivity contribution in [1.29, 1.82) is 5.41 Å². The van der Waals surface area contributed by atoms with Crippen molar-refractivity contribution in [3.8, 4) is 23.0 Å². The molecule has 26 heavy (non-hydrogen) atoms. The maximum absolute atomic E-state index is 12.3. The normalized spacial score (nSPS) is 11.0. The predicted octanol–water partition coefficient (Wildman–Crippen LogP) is 2.70. The average Bonchev–Trinajstić information content (AvgIpc) is 2.63. The van der Waals surface area contributed by atoms with Crippen LogP contribution in [0.2, 0.25) is 0 Å². The molecule has 0 saturated heterocycles. The zero-order valence-corrected chi connectivity index (χ0v) is 14.7. The number of methoxy groups -OCH3 is 2. The first-order chi connectivity index (χ1) is 12.3. The van der Waals surface area contributed by atoms with E-state index in [2.05, 4.69) is 0 Å². The van der Waals surface area contributed by atoms with E-state index in [9.17, 15) is 9.90 Å². The maximum atomic E-state index is 12.3.